The molecule has 0 saturated carbocycles. The van der Waals surface area contributed by atoms with E-state index in [-0.39, 0.29) is 0 Å². The van der Waals surface area contributed by atoms with Crippen molar-refractivity contribution in [3.8, 4) is 0 Å². The predicted octanol–water partition coefficient (Wildman–Crippen LogP) is 1.73. The maximum absolute atomic E-state index is 3.97. The number of nitrogens with zero attached hydrogens (tertiary/aromatic N) is 2. The van der Waals surface area contributed by atoms with Gasteiger partial charge in [-0.3, -0.25) is 0 Å². The molecule has 0 amide bonds. The van der Waals surface area contributed by atoms with Crippen molar-refractivity contribution < 1.29 is 0 Å². The normalized spacial score (nSPS) is 10.0. The van der Waals surface area contributed by atoms with Crippen LogP contribution >= 0.6 is 0 Å². The summed E-state index contributed by atoms with van der Waals surface area (Å²) in [6, 6.07) is 10.9. The number of aromatic nitrogens is 2. The van der Waals surface area contributed by atoms with Crippen LogP contribution in [0.2, 0.25) is 0 Å². The SMILES string of the molecule is [c]1ccc(Cn2ccnc2)cc1. The molecule has 0 unspecified atom stereocenters. The van der Waals surface area contributed by atoms with Gasteiger partial charge in [0.25, 0.3) is 0 Å². The Hall–Kier alpha value is -1.57. The molecule has 0 aliphatic rings. The molecule has 0 N–H and O–H groups in total. The molecule has 2 aromatic rings. The Morgan fingerprint density at radius 3 is 2.83 bits per heavy atom. The van der Waals surface area contributed by atoms with Crippen molar-refractivity contribution in [2.24, 2.45) is 0 Å². The van der Waals surface area contributed by atoms with E-state index in [0.29, 0.717) is 0 Å². The molecule has 2 nitrogen and oxygen atoms in total. The van der Waals surface area contributed by atoms with E-state index in [9.17, 15) is 0 Å². The van der Waals surface area contributed by atoms with Crippen molar-refractivity contribution in [3.05, 3.63) is 54.6 Å². The van der Waals surface area contributed by atoms with Crippen LogP contribution in [0.3, 0.4) is 0 Å². The predicted molar refractivity (Wildman–Crippen MR) is 46.6 cm³/mol. The number of hydrogen-bond acceptors (Lipinski definition) is 1. The van der Waals surface area contributed by atoms with Crippen molar-refractivity contribution in [1.29, 1.82) is 0 Å². The van der Waals surface area contributed by atoms with Gasteiger partial charge in [0.15, 0.2) is 0 Å². The van der Waals surface area contributed by atoms with Crippen LogP contribution in [0.4, 0.5) is 0 Å². The molecular formula is C10H9N2. The van der Waals surface area contributed by atoms with Crippen LogP contribution in [0.1, 0.15) is 5.56 Å². The second-order valence-corrected chi connectivity index (χ2v) is 2.64. The van der Waals surface area contributed by atoms with Gasteiger partial charge in [-0.25, -0.2) is 4.98 Å². The van der Waals surface area contributed by atoms with Crippen LogP contribution in [0.15, 0.2) is 43.0 Å². The second kappa shape index (κ2) is 3.22. The van der Waals surface area contributed by atoms with Gasteiger partial charge in [-0.15, -0.1) is 0 Å². The third kappa shape index (κ3) is 1.53. The molecule has 1 heterocycles. The van der Waals surface area contributed by atoms with Crippen molar-refractivity contribution >= 4 is 0 Å². The van der Waals surface area contributed by atoms with E-state index in [0.717, 1.165) is 6.54 Å². The Kier molecular flexibility index (Phi) is 1.90. The number of rotatable bonds is 2. The van der Waals surface area contributed by atoms with Gasteiger partial charge in [0.05, 0.1) is 6.33 Å². The molecule has 0 aliphatic heterocycles. The molecule has 0 atom stereocenters. The van der Waals surface area contributed by atoms with Gasteiger partial charge in [-0.05, 0) is 11.6 Å². The summed E-state index contributed by atoms with van der Waals surface area (Å²) in [6.07, 6.45) is 5.56. The summed E-state index contributed by atoms with van der Waals surface area (Å²) in [5.74, 6) is 0. The van der Waals surface area contributed by atoms with Crippen LogP contribution in [0.25, 0.3) is 0 Å². The van der Waals surface area contributed by atoms with E-state index < -0.39 is 0 Å². The molecule has 0 spiro atoms. The molecular weight excluding hydrogens is 148 g/mol. The molecule has 1 radical (unpaired) electrons. The Balaban J connectivity index is 2.15. The van der Waals surface area contributed by atoms with Gasteiger partial charge < -0.3 is 4.57 Å². The lowest BCUT2D eigenvalue weighted by atomic mass is 10.2. The molecule has 1 aromatic carbocycles. The third-order valence-corrected chi connectivity index (χ3v) is 1.71. The minimum atomic E-state index is 0.884. The maximum atomic E-state index is 3.97. The Morgan fingerprint density at radius 1 is 1.33 bits per heavy atom. The van der Waals surface area contributed by atoms with Crippen LogP contribution in [-0.2, 0) is 6.54 Å². The topological polar surface area (TPSA) is 17.8 Å². The van der Waals surface area contributed by atoms with Crippen molar-refractivity contribution in [2.75, 3.05) is 0 Å². The van der Waals surface area contributed by atoms with Crippen LogP contribution in [-0.4, -0.2) is 9.55 Å². The fourth-order valence-electron chi connectivity index (χ4n) is 1.12. The quantitative estimate of drug-likeness (QED) is 0.649. The fourth-order valence-corrected chi connectivity index (χ4v) is 1.12. The molecule has 12 heavy (non-hydrogen) atoms. The highest BCUT2D eigenvalue weighted by molar-refractivity contribution is 5.14. The average Bonchev–Trinajstić information content (AvgIpc) is 2.59. The lowest BCUT2D eigenvalue weighted by Crippen LogP contribution is -1.95. The highest BCUT2D eigenvalue weighted by atomic mass is 15.0. The summed E-state index contributed by atoms with van der Waals surface area (Å²) in [5.41, 5.74) is 1.27. The lowest BCUT2D eigenvalue weighted by molar-refractivity contribution is 0.797. The summed E-state index contributed by atoms with van der Waals surface area (Å²) in [7, 11) is 0. The molecule has 59 valence electrons. The molecule has 2 rings (SSSR count). The van der Waals surface area contributed by atoms with E-state index in [2.05, 4.69) is 23.2 Å². The largest absolute Gasteiger partial charge is 0.333 e. The Bertz CT molecular complexity index is 324. The number of imidazole rings is 1. The van der Waals surface area contributed by atoms with Gasteiger partial charge in [0.1, 0.15) is 0 Å². The monoisotopic (exact) mass is 157 g/mol. The maximum Gasteiger partial charge on any atom is 0.0949 e. The summed E-state index contributed by atoms with van der Waals surface area (Å²) >= 11 is 0. The standard InChI is InChI=1S/C10H9N2/c1-2-4-10(5-3-1)8-12-7-6-11-9-12/h2-7,9H,8H2. The first kappa shape index (κ1) is 7.10. The highest BCUT2D eigenvalue weighted by Gasteiger charge is 1.91. The average molecular weight is 157 g/mol. The minimum absolute atomic E-state index is 0.884. The summed E-state index contributed by atoms with van der Waals surface area (Å²) in [6.45, 7) is 0.884. The van der Waals surface area contributed by atoms with Crippen LogP contribution in [0.5, 0.6) is 0 Å². The molecule has 0 saturated heterocycles. The van der Waals surface area contributed by atoms with E-state index in [4.69, 9.17) is 0 Å². The van der Waals surface area contributed by atoms with Gasteiger partial charge in [-0.1, -0.05) is 24.3 Å². The van der Waals surface area contributed by atoms with Crippen LogP contribution < -0.4 is 0 Å². The first-order valence-electron chi connectivity index (χ1n) is 3.86. The van der Waals surface area contributed by atoms with E-state index in [1.807, 2.05) is 29.2 Å². The van der Waals surface area contributed by atoms with Gasteiger partial charge in [0, 0.05) is 18.9 Å². The van der Waals surface area contributed by atoms with Crippen molar-refractivity contribution in [3.63, 3.8) is 0 Å². The zero-order valence-corrected chi connectivity index (χ0v) is 6.64. The highest BCUT2D eigenvalue weighted by Crippen LogP contribution is 2.00. The molecule has 0 bridgehead atoms. The summed E-state index contributed by atoms with van der Waals surface area (Å²) in [5, 5.41) is 0. The molecule has 0 aliphatic carbocycles. The number of hydrogen-bond donors (Lipinski definition) is 0. The van der Waals surface area contributed by atoms with Crippen molar-refractivity contribution in [1.82, 2.24) is 9.55 Å². The molecule has 2 heteroatoms. The van der Waals surface area contributed by atoms with Crippen molar-refractivity contribution in [2.45, 2.75) is 6.54 Å². The van der Waals surface area contributed by atoms with Crippen LogP contribution in [0, 0.1) is 6.07 Å². The first-order chi connectivity index (χ1) is 5.95. The van der Waals surface area contributed by atoms with E-state index in [1.165, 1.54) is 5.56 Å². The fraction of sp³-hybridized carbons (Fsp3) is 0.100. The number of benzene rings is 1. The zero-order valence-electron chi connectivity index (χ0n) is 6.64. The van der Waals surface area contributed by atoms with Gasteiger partial charge in [-0.2, -0.15) is 0 Å². The minimum Gasteiger partial charge on any atom is -0.333 e. The lowest BCUT2D eigenvalue weighted by Gasteiger charge is -2.00. The summed E-state index contributed by atoms with van der Waals surface area (Å²) in [4.78, 5) is 3.97. The second-order valence-electron chi connectivity index (χ2n) is 2.64. The zero-order chi connectivity index (χ0) is 8.23. The molecule has 0 fully saturated rings. The first-order valence-corrected chi connectivity index (χ1v) is 3.86. The Morgan fingerprint density at radius 2 is 2.17 bits per heavy atom. The van der Waals surface area contributed by atoms with E-state index in [1.54, 1.807) is 6.20 Å². The van der Waals surface area contributed by atoms with E-state index >= 15 is 0 Å². The van der Waals surface area contributed by atoms with Gasteiger partial charge in [0.2, 0.25) is 0 Å². The Labute approximate surface area is 71.5 Å². The molecule has 1 aromatic heterocycles. The smallest absolute Gasteiger partial charge is 0.0949 e. The third-order valence-electron chi connectivity index (χ3n) is 1.71. The van der Waals surface area contributed by atoms with Gasteiger partial charge >= 0.3 is 0 Å². The summed E-state index contributed by atoms with van der Waals surface area (Å²) < 4.78 is 2.04.